The van der Waals surface area contributed by atoms with Crippen LogP contribution >= 0.6 is 0 Å². The molecule has 5 aromatic carbocycles. The molecule has 5 aromatic rings. The number of fused-ring (bicyclic) bond motifs is 2. The van der Waals surface area contributed by atoms with Gasteiger partial charge in [0.15, 0.2) is 0 Å². The molecule has 68 heavy (non-hydrogen) atoms. The van der Waals surface area contributed by atoms with Crippen molar-refractivity contribution < 1.29 is 76.0 Å². The summed E-state index contributed by atoms with van der Waals surface area (Å²) in [6.45, 7) is 7.31. The Hall–Kier alpha value is -4.80. The van der Waals surface area contributed by atoms with Crippen molar-refractivity contribution in [3.63, 3.8) is 0 Å². The molecule has 0 unspecified atom stereocenters. The van der Waals surface area contributed by atoms with E-state index < -0.39 is 29.7 Å². The van der Waals surface area contributed by atoms with Crippen LogP contribution in [-0.2, 0) is 56.8 Å². The van der Waals surface area contributed by atoms with Gasteiger partial charge < -0.3 is 56.8 Å². The third kappa shape index (κ3) is 12.0. The van der Waals surface area contributed by atoms with Crippen LogP contribution in [0.2, 0.25) is 0 Å². The van der Waals surface area contributed by atoms with Crippen molar-refractivity contribution >= 4 is 66.7 Å². The molecule has 0 fully saturated rings. The summed E-state index contributed by atoms with van der Waals surface area (Å²) in [7, 11) is 4.84. The molecule has 0 atom stereocenters. The molecule has 2 heterocycles. The molecular weight excluding hydrogens is 885 g/mol. The normalized spacial score (nSPS) is 13.9. The Balaban J connectivity index is 1.06. The van der Waals surface area contributed by atoms with Gasteiger partial charge in [-0.1, -0.05) is 24.3 Å². The highest BCUT2D eigenvalue weighted by atomic mass is 16.6. The molecule has 2 aliphatic rings. The minimum Gasteiger partial charge on any atom is -0.382 e. The fourth-order valence-electron chi connectivity index (χ4n) is 8.51. The zero-order chi connectivity index (χ0) is 47.7. The Morgan fingerprint density at radius 3 is 0.941 bits per heavy atom. The van der Waals surface area contributed by atoms with E-state index in [9.17, 15) is 19.2 Å². The molecule has 7 rings (SSSR count). The van der Waals surface area contributed by atoms with Crippen molar-refractivity contribution in [2.75, 3.05) is 167 Å². The van der Waals surface area contributed by atoms with Crippen LogP contribution in [0.3, 0.4) is 0 Å². The lowest BCUT2D eigenvalue weighted by Crippen LogP contribution is -2.51. The zero-order valence-corrected chi connectivity index (χ0v) is 39.2. The summed E-state index contributed by atoms with van der Waals surface area (Å²) in [6, 6.07) is 13.8. The van der Waals surface area contributed by atoms with Crippen molar-refractivity contribution in [3.8, 4) is 0 Å². The highest BCUT2D eigenvalue weighted by Gasteiger charge is 2.40. The molecule has 0 saturated heterocycles. The summed E-state index contributed by atoms with van der Waals surface area (Å²) >= 11 is 0. The van der Waals surface area contributed by atoms with Crippen molar-refractivity contribution in [2.24, 2.45) is 0 Å². The van der Waals surface area contributed by atoms with E-state index in [1.165, 1.54) is 9.80 Å². The molecule has 18 heteroatoms. The third-order valence-corrected chi connectivity index (χ3v) is 11.7. The number of hydrogen-bond acceptors (Lipinski definition) is 16. The average Bonchev–Trinajstić information content (AvgIpc) is 3.35. The van der Waals surface area contributed by atoms with Crippen LogP contribution < -0.4 is 0 Å². The van der Waals surface area contributed by atoms with Gasteiger partial charge in [-0.2, -0.15) is 0 Å². The first kappa shape index (κ1) is 51.1. The Morgan fingerprint density at radius 1 is 0.338 bits per heavy atom. The number of carbonyl (C=O) groups excluding carboxylic acids is 4. The number of ether oxygens (including phenoxy) is 12. The van der Waals surface area contributed by atoms with Gasteiger partial charge in [0.25, 0.3) is 23.6 Å². The van der Waals surface area contributed by atoms with Crippen LogP contribution in [0.15, 0.2) is 48.5 Å². The standard InChI is InChI=1S/C50H62N2O16/c1-57-14-17-61-22-25-64-21-20-60-13-12-51-47(53)39-8-4-35-37-6-10-41-46-42(11-7-38(44(37)46)36-5-9-40(48(51)54)45(39)43(35)36)50(56)52(49(41)55)34(32-67-30-28-65-26-23-62-18-15-58-2)33-68-31-29-66-27-24-63-19-16-59-3/h4-11,34H,12-33H2,1-3H3. The van der Waals surface area contributed by atoms with Crippen LogP contribution in [0.1, 0.15) is 41.4 Å². The number of benzene rings is 5. The maximum Gasteiger partial charge on any atom is 0.261 e. The Bertz CT molecular complexity index is 2320. The highest BCUT2D eigenvalue weighted by Crippen LogP contribution is 2.46. The molecule has 0 saturated carbocycles. The summed E-state index contributed by atoms with van der Waals surface area (Å²) in [5.41, 5.74) is 1.57. The molecular formula is C50H62N2O16. The van der Waals surface area contributed by atoms with Crippen LogP contribution in [0.4, 0.5) is 0 Å². The number of nitrogens with zero attached hydrogens (tertiary/aromatic N) is 2. The lowest BCUT2D eigenvalue weighted by Gasteiger charge is -2.34. The largest absolute Gasteiger partial charge is 0.382 e. The maximum atomic E-state index is 14.6. The molecule has 4 amide bonds. The molecule has 0 radical (unpaired) electrons. The second-order valence-corrected chi connectivity index (χ2v) is 16.0. The van der Waals surface area contributed by atoms with E-state index in [1.54, 1.807) is 45.6 Å². The topological polar surface area (TPSA) is 186 Å². The fraction of sp³-hybridized carbons (Fsp3) is 0.520. The van der Waals surface area contributed by atoms with Crippen LogP contribution in [0.5, 0.6) is 0 Å². The summed E-state index contributed by atoms with van der Waals surface area (Å²) in [5, 5.41) is 5.83. The predicted octanol–water partition coefficient (Wildman–Crippen LogP) is 4.39. The van der Waals surface area contributed by atoms with E-state index in [4.69, 9.17) is 56.8 Å². The molecule has 368 valence electrons. The number of imide groups is 2. The smallest absolute Gasteiger partial charge is 0.261 e. The van der Waals surface area contributed by atoms with Gasteiger partial charge in [-0.3, -0.25) is 29.0 Å². The molecule has 0 aliphatic carbocycles. The van der Waals surface area contributed by atoms with Crippen LogP contribution in [0, 0.1) is 0 Å². The monoisotopic (exact) mass is 946 g/mol. The third-order valence-electron chi connectivity index (χ3n) is 11.7. The molecule has 0 aromatic heterocycles. The maximum absolute atomic E-state index is 14.6. The first-order chi connectivity index (χ1) is 33.4. The van der Waals surface area contributed by atoms with Gasteiger partial charge in [-0.25, -0.2) is 0 Å². The van der Waals surface area contributed by atoms with Gasteiger partial charge in [-0.05, 0) is 56.6 Å². The number of hydrogen-bond donors (Lipinski definition) is 0. The number of rotatable bonds is 35. The molecule has 0 spiro atoms. The van der Waals surface area contributed by atoms with Crippen molar-refractivity contribution in [3.05, 3.63) is 70.8 Å². The van der Waals surface area contributed by atoms with E-state index in [0.717, 1.165) is 32.3 Å². The average molecular weight is 947 g/mol. The number of carbonyl (C=O) groups is 4. The first-order valence-electron chi connectivity index (χ1n) is 23.0. The Kier molecular flexibility index (Phi) is 19.7. The highest BCUT2D eigenvalue weighted by molar-refractivity contribution is 6.41. The van der Waals surface area contributed by atoms with Gasteiger partial charge >= 0.3 is 0 Å². The van der Waals surface area contributed by atoms with Gasteiger partial charge in [0, 0.05) is 54.4 Å². The van der Waals surface area contributed by atoms with Crippen LogP contribution in [0.25, 0.3) is 43.1 Å². The van der Waals surface area contributed by atoms with Gasteiger partial charge in [-0.15, -0.1) is 0 Å². The Morgan fingerprint density at radius 2 is 0.618 bits per heavy atom. The van der Waals surface area contributed by atoms with E-state index in [2.05, 4.69) is 0 Å². The SMILES string of the molecule is COCCOCCOCCOCCN1C(=O)c2ccc3c4ccc5c6c(ccc(c7ccc(c2c37)C1=O)c64)C(=O)N(C(COCCOCCOCCOC)COCCOCCOCCOC)C5=O. The second kappa shape index (κ2) is 26.3. The first-order valence-corrected chi connectivity index (χ1v) is 23.0. The fourth-order valence-corrected chi connectivity index (χ4v) is 8.51. The quantitative estimate of drug-likeness (QED) is 0.0241. The molecule has 0 N–H and O–H groups in total. The van der Waals surface area contributed by atoms with E-state index in [-0.39, 0.29) is 52.8 Å². The molecule has 0 bridgehead atoms. The summed E-state index contributed by atoms with van der Waals surface area (Å²) in [4.78, 5) is 59.7. The van der Waals surface area contributed by atoms with E-state index >= 15 is 0 Å². The van der Waals surface area contributed by atoms with Crippen LogP contribution in [-0.4, -0.2) is 206 Å². The van der Waals surface area contributed by atoms with E-state index in [1.807, 2.05) is 24.3 Å². The summed E-state index contributed by atoms with van der Waals surface area (Å²) in [5.74, 6) is -1.74. The van der Waals surface area contributed by atoms with Crippen molar-refractivity contribution in [2.45, 2.75) is 6.04 Å². The van der Waals surface area contributed by atoms with Crippen molar-refractivity contribution in [1.29, 1.82) is 0 Å². The lowest BCUT2D eigenvalue weighted by molar-refractivity contribution is -0.0276. The number of amides is 4. The summed E-state index contributed by atoms with van der Waals surface area (Å²) in [6.07, 6.45) is 0. The Labute approximate surface area is 395 Å². The zero-order valence-electron chi connectivity index (χ0n) is 39.2. The summed E-state index contributed by atoms with van der Waals surface area (Å²) < 4.78 is 65.7. The van der Waals surface area contributed by atoms with Crippen molar-refractivity contribution in [1.82, 2.24) is 9.80 Å². The lowest BCUT2D eigenvalue weighted by atomic mass is 9.82. The van der Waals surface area contributed by atoms with E-state index in [0.29, 0.717) is 126 Å². The minimum atomic E-state index is -0.769. The van der Waals surface area contributed by atoms with Gasteiger partial charge in [0.1, 0.15) is 0 Å². The van der Waals surface area contributed by atoms with Gasteiger partial charge in [0.05, 0.1) is 151 Å². The molecule has 18 nitrogen and oxygen atoms in total. The predicted molar refractivity (Wildman–Crippen MR) is 250 cm³/mol. The molecule has 2 aliphatic heterocycles. The van der Waals surface area contributed by atoms with Gasteiger partial charge in [0.2, 0.25) is 0 Å². The second-order valence-electron chi connectivity index (χ2n) is 16.0. The number of methoxy groups -OCH3 is 3. The minimum absolute atomic E-state index is 0.0113.